The fourth-order valence-corrected chi connectivity index (χ4v) is 4.51. The van der Waals surface area contributed by atoms with Crippen molar-refractivity contribution in [3.8, 4) is 0 Å². The van der Waals surface area contributed by atoms with Crippen LogP contribution in [-0.4, -0.2) is 52.9 Å². The van der Waals surface area contributed by atoms with Gasteiger partial charge in [-0.1, -0.05) is 42.5 Å². The van der Waals surface area contributed by atoms with Crippen LogP contribution in [0.25, 0.3) is 22.7 Å². The van der Waals surface area contributed by atoms with Crippen LogP contribution in [0.4, 0.5) is 16.2 Å². The second-order valence-electron chi connectivity index (χ2n) is 9.31. The molecule has 2 aromatic heterocycles. The molecule has 9 nitrogen and oxygen atoms in total. The Morgan fingerprint density at radius 3 is 2.50 bits per heavy atom. The summed E-state index contributed by atoms with van der Waals surface area (Å²) in [5.74, 6) is -1.16. The topological polar surface area (TPSA) is 124 Å². The highest BCUT2D eigenvalue weighted by molar-refractivity contribution is 6.24. The summed E-state index contributed by atoms with van der Waals surface area (Å²) in [4.78, 5) is 48.4. The number of anilines is 2. The SMILES string of the molecule is CC(C(=O)Nc1cnc2[nH]cc(C=C(C(N)=O)c3ccccc3)c2c1)c1ccc(N2CCN(C)C2=O)cc1. The third-order valence-corrected chi connectivity index (χ3v) is 6.80. The van der Waals surface area contributed by atoms with E-state index in [-0.39, 0.29) is 11.9 Å². The molecule has 4 amide bonds. The summed E-state index contributed by atoms with van der Waals surface area (Å²) in [6, 6.07) is 18.5. The lowest BCUT2D eigenvalue weighted by Gasteiger charge is -2.18. The van der Waals surface area contributed by atoms with Gasteiger partial charge in [0, 0.05) is 48.5 Å². The maximum Gasteiger partial charge on any atom is 0.324 e. The van der Waals surface area contributed by atoms with E-state index in [0.717, 1.165) is 22.2 Å². The number of fused-ring (bicyclic) bond motifs is 1. The van der Waals surface area contributed by atoms with E-state index in [1.54, 1.807) is 35.3 Å². The molecular weight excluding hydrogens is 480 g/mol. The van der Waals surface area contributed by atoms with E-state index in [2.05, 4.69) is 15.3 Å². The maximum atomic E-state index is 13.1. The number of hydrogen-bond donors (Lipinski definition) is 3. The van der Waals surface area contributed by atoms with Crippen LogP contribution < -0.4 is 16.0 Å². The molecule has 1 saturated heterocycles. The van der Waals surface area contributed by atoms with Gasteiger partial charge in [0.2, 0.25) is 11.8 Å². The number of H-pyrrole nitrogens is 1. The molecule has 4 N–H and O–H groups in total. The minimum absolute atomic E-state index is 0.0304. The first-order chi connectivity index (χ1) is 18.3. The van der Waals surface area contributed by atoms with Gasteiger partial charge in [-0.05, 0) is 42.3 Å². The monoisotopic (exact) mass is 508 g/mol. The molecular formula is C29H28N6O3. The van der Waals surface area contributed by atoms with E-state index in [1.165, 1.54) is 0 Å². The van der Waals surface area contributed by atoms with Crippen LogP contribution in [0.2, 0.25) is 0 Å². The lowest BCUT2D eigenvalue weighted by molar-refractivity contribution is -0.117. The molecule has 5 rings (SSSR count). The van der Waals surface area contributed by atoms with Crippen molar-refractivity contribution >= 4 is 51.9 Å². The molecule has 4 aromatic rings. The average Bonchev–Trinajstić information content (AvgIpc) is 3.49. The number of likely N-dealkylation sites (N-methyl/N-ethyl adjacent to an activating group) is 1. The number of carbonyl (C=O) groups is 3. The number of amides is 4. The highest BCUT2D eigenvalue weighted by Gasteiger charge is 2.26. The zero-order valence-electron chi connectivity index (χ0n) is 21.1. The zero-order valence-corrected chi connectivity index (χ0v) is 21.1. The van der Waals surface area contributed by atoms with Crippen LogP contribution in [0.15, 0.2) is 73.1 Å². The minimum atomic E-state index is -0.538. The van der Waals surface area contributed by atoms with Crippen LogP contribution in [0.1, 0.15) is 29.5 Å². The Morgan fingerprint density at radius 1 is 1.11 bits per heavy atom. The number of nitrogens with zero attached hydrogens (tertiary/aromatic N) is 3. The molecule has 2 aromatic carbocycles. The second kappa shape index (κ2) is 10.2. The number of aromatic nitrogens is 2. The summed E-state index contributed by atoms with van der Waals surface area (Å²) in [7, 11) is 1.78. The van der Waals surface area contributed by atoms with Gasteiger partial charge in [-0.25, -0.2) is 9.78 Å². The number of hydrogen-bond acceptors (Lipinski definition) is 4. The van der Waals surface area contributed by atoms with E-state index in [0.29, 0.717) is 35.6 Å². The molecule has 0 bridgehead atoms. The van der Waals surface area contributed by atoms with E-state index in [9.17, 15) is 14.4 Å². The molecule has 1 atom stereocenters. The molecule has 1 aliphatic rings. The number of carbonyl (C=O) groups excluding carboxylic acids is 3. The molecule has 38 heavy (non-hydrogen) atoms. The molecule has 1 fully saturated rings. The summed E-state index contributed by atoms with van der Waals surface area (Å²) in [5, 5.41) is 3.69. The van der Waals surface area contributed by atoms with Gasteiger partial charge in [0.25, 0.3) is 0 Å². The zero-order chi connectivity index (χ0) is 26.8. The third kappa shape index (κ3) is 4.86. The first-order valence-corrected chi connectivity index (χ1v) is 12.3. The second-order valence-corrected chi connectivity index (χ2v) is 9.31. The quantitative estimate of drug-likeness (QED) is 0.324. The molecule has 1 aliphatic heterocycles. The summed E-state index contributed by atoms with van der Waals surface area (Å²) in [6.07, 6.45) is 5.06. The van der Waals surface area contributed by atoms with Gasteiger partial charge in [0.1, 0.15) is 5.65 Å². The number of aromatic amines is 1. The van der Waals surface area contributed by atoms with Crippen LogP contribution >= 0.6 is 0 Å². The Kier molecular flexibility index (Phi) is 6.66. The smallest absolute Gasteiger partial charge is 0.324 e. The van der Waals surface area contributed by atoms with Crippen molar-refractivity contribution < 1.29 is 14.4 Å². The van der Waals surface area contributed by atoms with E-state index < -0.39 is 11.8 Å². The molecule has 1 unspecified atom stereocenters. The Bertz CT molecular complexity index is 1540. The van der Waals surface area contributed by atoms with Gasteiger partial charge in [-0.2, -0.15) is 0 Å². The summed E-state index contributed by atoms with van der Waals surface area (Å²) < 4.78 is 0. The Labute approximate surface area is 220 Å². The van der Waals surface area contributed by atoms with Gasteiger partial charge in [-0.15, -0.1) is 0 Å². The Morgan fingerprint density at radius 2 is 1.84 bits per heavy atom. The Balaban J connectivity index is 1.34. The van der Waals surface area contributed by atoms with Crippen LogP contribution in [0.5, 0.6) is 0 Å². The minimum Gasteiger partial charge on any atom is -0.366 e. The van der Waals surface area contributed by atoms with Gasteiger partial charge in [0.05, 0.1) is 17.8 Å². The molecule has 9 heteroatoms. The van der Waals surface area contributed by atoms with E-state index in [1.807, 2.05) is 67.6 Å². The van der Waals surface area contributed by atoms with E-state index in [4.69, 9.17) is 5.73 Å². The summed E-state index contributed by atoms with van der Waals surface area (Å²) in [5.41, 5.74) is 10.3. The predicted octanol–water partition coefficient (Wildman–Crippen LogP) is 4.20. The highest BCUT2D eigenvalue weighted by Crippen LogP contribution is 2.27. The lowest BCUT2D eigenvalue weighted by atomic mass is 9.99. The predicted molar refractivity (Wildman–Crippen MR) is 148 cm³/mol. The largest absolute Gasteiger partial charge is 0.366 e. The molecule has 0 saturated carbocycles. The van der Waals surface area contributed by atoms with Crippen molar-refractivity contribution in [2.24, 2.45) is 5.73 Å². The van der Waals surface area contributed by atoms with Crippen molar-refractivity contribution in [1.82, 2.24) is 14.9 Å². The first-order valence-electron chi connectivity index (χ1n) is 12.3. The number of nitrogens with one attached hydrogen (secondary N) is 2. The molecule has 3 heterocycles. The summed E-state index contributed by atoms with van der Waals surface area (Å²) in [6.45, 7) is 3.16. The average molecular weight is 509 g/mol. The molecule has 0 spiro atoms. The van der Waals surface area contributed by atoms with Crippen molar-refractivity contribution in [2.75, 3.05) is 30.4 Å². The number of primary amides is 1. The molecule has 0 aliphatic carbocycles. The highest BCUT2D eigenvalue weighted by atomic mass is 16.2. The number of rotatable bonds is 7. The van der Waals surface area contributed by atoms with Crippen molar-refractivity contribution in [2.45, 2.75) is 12.8 Å². The van der Waals surface area contributed by atoms with Crippen LogP contribution in [0.3, 0.4) is 0 Å². The fraction of sp³-hybridized carbons (Fsp3) is 0.172. The van der Waals surface area contributed by atoms with Gasteiger partial charge in [-0.3, -0.25) is 14.5 Å². The standard InChI is InChI=1S/C29H28N6O3/c1-18(19-8-10-23(11-9-19)35-13-12-34(2)29(35)38)28(37)33-22-15-25-21(16-31-27(25)32-17-22)14-24(26(30)36)20-6-4-3-5-7-20/h3-11,14-18H,12-13H2,1-2H3,(H2,30,36)(H,31,32)(H,33,37). The molecule has 192 valence electrons. The fourth-order valence-electron chi connectivity index (χ4n) is 4.51. The number of pyridine rings is 1. The van der Waals surface area contributed by atoms with Crippen molar-refractivity contribution in [1.29, 1.82) is 0 Å². The van der Waals surface area contributed by atoms with Crippen molar-refractivity contribution in [3.05, 3.63) is 89.7 Å². The third-order valence-electron chi connectivity index (χ3n) is 6.80. The van der Waals surface area contributed by atoms with E-state index >= 15 is 0 Å². The van der Waals surface area contributed by atoms with Crippen molar-refractivity contribution in [3.63, 3.8) is 0 Å². The van der Waals surface area contributed by atoms with Crippen LogP contribution in [0, 0.1) is 0 Å². The lowest BCUT2D eigenvalue weighted by Crippen LogP contribution is -2.29. The van der Waals surface area contributed by atoms with Crippen LogP contribution in [-0.2, 0) is 9.59 Å². The van der Waals surface area contributed by atoms with Gasteiger partial charge >= 0.3 is 6.03 Å². The summed E-state index contributed by atoms with van der Waals surface area (Å²) >= 11 is 0. The normalized spacial score (nSPS) is 14.7. The van der Waals surface area contributed by atoms with Gasteiger partial charge < -0.3 is 20.9 Å². The number of urea groups is 1. The molecule has 0 radical (unpaired) electrons. The maximum absolute atomic E-state index is 13.1. The first kappa shape index (κ1) is 24.8. The Hall–Kier alpha value is -4.92. The number of benzene rings is 2. The van der Waals surface area contributed by atoms with Gasteiger partial charge in [0.15, 0.2) is 0 Å². The number of nitrogens with two attached hydrogens (primary N) is 1.